The van der Waals surface area contributed by atoms with Gasteiger partial charge in [0.15, 0.2) is 6.29 Å². The Balaban J connectivity index is 2.61. The van der Waals surface area contributed by atoms with Crippen molar-refractivity contribution in [2.75, 3.05) is 0 Å². The van der Waals surface area contributed by atoms with Crippen LogP contribution in [0.3, 0.4) is 0 Å². The molecule has 0 aliphatic heterocycles. The van der Waals surface area contributed by atoms with Crippen LogP contribution in [-0.2, 0) is 13.5 Å². The number of aldehydes is 1. The molecule has 0 atom stereocenters. The SMILES string of the molecule is CCc1cc(-c2ccccc2)c(C=O)n1C. The van der Waals surface area contributed by atoms with Crippen LogP contribution in [0.25, 0.3) is 11.1 Å². The molecule has 0 spiro atoms. The number of nitrogens with zero attached hydrogens (tertiary/aromatic N) is 1. The van der Waals surface area contributed by atoms with Gasteiger partial charge in [-0.15, -0.1) is 0 Å². The van der Waals surface area contributed by atoms with Crippen molar-refractivity contribution in [1.29, 1.82) is 0 Å². The number of aryl methyl sites for hydroxylation is 1. The minimum atomic E-state index is 0.753. The molecule has 0 aliphatic carbocycles. The molecular weight excluding hydrogens is 198 g/mol. The highest BCUT2D eigenvalue weighted by molar-refractivity contribution is 5.86. The quantitative estimate of drug-likeness (QED) is 0.718. The van der Waals surface area contributed by atoms with Crippen LogP contribution in [0.15, 0.2) is 36.4 Å². The van der Waals surface area contributed by atoms with Gasteiger partial charge in [-0.1, -0.05) is 37.3 Å². The average molecular weight is 213 g/mol. The molecule has 2 aromatic rings. The predicted octanol–water partition coefficient (Wildman–Crippen LogP) is 3.07. The molecule has 0 aliphatic rings. The van der Waals surface area contributed by atoms with E-state index in [-0.39, 0.29) is 0 Å². The lowest BCUT2D eigenvalue weighted by atomic mass is 10.1. The Morgan fingerprint density at radius 2 is 1.94 bits per heavy atom. The van der Waals surface area contributed by atoms with E-state index in [0.29, 0.717) is 0 Å². The van der Waals surface area contributed by atoms with Crippen molar-refractivity contribution in [2.45, 2.75) is 13.3 Å². The minimum Gasteiger partial charge on any atom is -0.345 e. The third-order valence-corrected chi connectivity index (χ3v) is 2.94. The second-order valence-electron chi connectivity index (χ2n) is 3.83. The summed E-state index contributed by atoms with van der Waals surface area (Å²) in [5, 5.41) is 0. The lowest BCUT2D eigenvalue weighted by Crippen LogP contribution is -1.99. The van der Waals surface area contributed by atoms with Gasteiger partial charge >= 0.3 is 0 Å². The Morgan fingerprint density at radius 1 is 1.25 bits per heavy atom. The number of rotatable bonds is 3. The Morgan fingerprint density at radius 3 is 2.50 bits per heavy atom. The molecular formula is C14H15NO. The van der Waals surface area contributed by atoms with E-state index >= 15 is 0 Å². The van der Waals surface area contributed by atoms with Crippen molar-refractivity contribution < 1.29 is 4.79 Å². The molecule has 0 N–H and O–H groups in total. The molecule has 0 fully saturated rings. The first-order valence-corrected chi connectivity index (χ1v) is 5.47. The summed E-state index contributed by atoms with van der Waals surface area (Å²) >= 11 is 0. The van der Waals surface area contributed by atoms with Crippen molar-refractivity contribution in [3.05, 3.63) is 47.8 Å². The van der Waals surface area contributed by atoms with E-state index in [9.17, 15) is 4.79 Å². The molecule has 0 saturated heterocycles. The maximum Gasteiger partial charge on any atom is 0.167 e. The summed E-state index contributed by atoms with van der Waals surface area (Å²) in [6.07, 6.45) is 1.87. The highest BCUT2D eigenvalue weighted by Gasteiger charge is 2.11. The third-order valence-electron chi connectivity index (χ3n) is 2.94. The predicted molar refractivity (Wildman–Crippen MR) is 65.6 cm³/mol. The number of aromatic nitrogens is 1. The Kier molecular flexibility index (Phi) is 2.91. The van der Waals surface area contributed by atoms with Crippen LogP contribution in [0.5, 0.6) is 0 Å². The van der Waals surface area contributed by atoms with E-state index in [4.69, 9.17) is 0 Å². The standard InChI is InChI=1S/C14H15NO/c1-3-12-9-13(14(10-16)15(12)2)11-7-5-4-6-8-11/h4-10H,3H2,1-2H3. The summed E-state index contributed by atoms with van der Waals surface area (Å²) < 4.78 is 1.97. The number of hydrogen-bond acceptors (Lipinski definition) is 1. The van der Waals surface area contributed by atoms with Gasteiger partial charge < -0.3 is 4.57 Å². The van der Waals surface area contributed by atoms with Crippen molar-refractivity contribution in [3.63, 3.8) is 0 Å². The lowest BCUT2D eigenvalue weighted by molar-refractivity contribution is 0.111. The van der Waals surface area contributed by atoms with Crippen LogP contribution >= 0.6 is 0 Å². The topological polar surface area (TPSA) is 22.0 Å². The van der Waals surface area contributed by atoms with Crippen LogP contribution < -0.4 is 0 Å². The van der Waals surface area contributed by atoms with E-state index in [1.165, 1.54) is 5.69 Å². The molecule has 82 valence electrons. The summed E-state index contributed by atoms with van der Waals surface area (Å²) in [4.78, 5) is 11.1. The van der Waals surface area contributed by atoms with Gasteiger partial charge in [0.1, 0.15) is 0 Å². The molecule has 0 bridgehead atoms. The molecule has 0 amide bonds. The van der Waals surface area contributed by atoms with Gasteiger partial charge in [-0.25, -0.2) is 0 Å². The van der Waals surface area contributed by atoms with Gasteiger partial charge in [-0.3, -0.25) is 4.79 Å². The zero-order valence-corrected chi connectivity index (χ0v) is 9.60. The molecule has 2 heteroatoms. The fourth-order valence-electron chi connectivity index (χ4n) is 2.00. The summed E-state index contributed by atoms with van der Waals surface area (Å²) in [6, 6.07) is 12.1. The molecule has 1 heterocycles. The van der Waals surface area contributed by atoms with E-state index in [2.05, 4.69) is 13.0 Å². The second-order valence-corrected chi connectivity index (χ2v) is 3.83. The number of carbonyl (C=O) groups excluding carboxylic acids is 1. The molecule has 16 heavy (non-hydrogen) atoms. The fraction of sp³-hybridized carbons (Fsp3) is 0.214. The Labute approximate surface area is 95.5 Å². The van der Waals surface area contributed by atoms with Crippen molar-refractivity contribution >= 4 is 6.29 Å². The maximum absolute atomic E-state index is 11.1. The maximum atomic E-state index is 11.1. The van der Waals surface area contributed by atoms with Gasteiger partial charge in [0.05, 0.1) is 5.69 Å². The van der Waals surface area contributed by atoms with Gasteiger partial charge in [0.2, 0.25) is 0 Å². The zero-order valence-electron chi connectivity index (χ0n) is 9.60. The summed E-state index contributed by atoms with van der Waals surface area (Å²) in [5.41, 5.74) is 4.05. The minimum absolute atomic E-state index is 0.753. The van der Waals surface area contributed by atoms with Gasteiger partial charge in [-0.2, -0.15) is 0 Å². The third kappa shape index (κ3) is 1.67. The normalized spacial score (nSPS) is 10.4. The molecule has 2 nitrogen and oxygen atoms in total. The van der Waals surface area contributed by atoms with E-state index in [1.807, 2.05) is 41.9 Å². The second kappa shape index (κ2) is 4.35. The first-order chi connectivity index (χ1) is 7.77. The molecule has 2 rings (SSSR count). The molecule has 0 saturated carbocycles. The van der Waals surface area contributed by atoms with Crippen molar-refractivity contribution in [1.82, 2.24) is 4.57 Å². The summed E-state index contributed by atoms with van der Waals surface area (Å²) in [5.74, 6) is 0. The largest absolute Gasteiger partial charge is 0.345 e. The summed E-state index contributed by atoms with van der Waals surface area (Å²) in [7, 11) is 1.94. The van der Waals surface area contributed by atoms with Crippen LogP contribution in [0, 0.1) is 0 Å². The molecule has 1 aromatic heterocycles. The van der Waals surface area contributed by atoms with Crippen LogP contribution in [-0.4, -0.2) is 10.9 Å². The van der Waals surface area contributed by atoms with Crippen LogP contribution in [0.4, 0.5) is 0 Å². The Hall–Kier alpha value is -1.83. The number of benzene rings is 1. The average Bonchev–Trinajstić information content (AvgIpc) is 2.66. The van der Waals surface area contributed by atoms with Crippen LogP contribution in [0.2, 0.25) is 0 Å². The van der Waals surface area contributed by atoms with Gasteiger partial charge in [0, 0.05) is 18.3 Å². The fourth-order valence-corrected chi connectivity index (χ4v) is 2.00. The van der Waals surface area contributed by atoms with E-state index in [0.717, 1.165) is 29.5 Å². The monoisotopic (exact) mass is 213 g/mol. The first kappa shape index (κ1) is 10.7. The lowest BCUT2D eigenvalue weighted by Gasteiger charge is -2.02. The van der Waals surface area contributed by atoms with E-state index in [1.54, 1.807) is 0 Å². The molecule has 0 unspecified atom stereocenters. The highest BCUT2D eigenvalue weighted by atomic mass is 16.1. The highest BCUT2D eigenvalue weighted by Crippen LogP contribution is 2.25. The zero-order chi connectivity index (χ0) is 11.5. The Bertz CT molecular complexity index is 497. The molecule has 1 aromatic carbocycles. The smallest absolute Gasteiger partial charge is 0.167 e. The van der Waals surface area contributed by atoms with Crippen molar-refractivity contribution in [2.24, 2.45) is 7.05 Å². The first-order valence-electron chi connectivity index (χ1n) is 5.47. The number of carbonyl (C=O) groups is 1. The summed E-state index contributed by atoms with van der Waals surface area (Å²) in [6.45, 7) is 2.10. The number of hydrogen-bond donors (Lipinski definition) is 0. The molecule has 0 radical (unpaired) electrons. The van der Waals surface area contributed by atoms with E-state index < -0.39 is 0 Å². The van der Waals surface area contributed by atoms with Gasteiger partial charge in [-0.05, 0) is 18.1 Å². The van der Waals surface area contributed by atoms with Crippen LogP contribution in [0.1, 0.15) is 23.1 Å². The van der Waals surface area contributed by atoms with Gasteiger partial charge in [0.25, 0.3) is 0 Å². The van der Waals surface area contributed by atoms with Crippen molar-refractivity contribution in [3.8, 4) is 11.1 Å².